The number of benzene rings is 3. The van der Waals surface area contributed by atoms with Crippen molar-refractivity contribution >= 4 is 34.9 Å². The van der Waals surface area contributed by atoms with Gasteiger partial charge in [0.05, 0.1) is 33.4 Å². The van der Waals surface area contributed by atoms with Crippen molar-refractivity contribution in [3.8, 4) is 36.4 Å². The number of hydrogen-bond acceptors (Lipinski definition) is 9. The predicted molar refractivity (Wildman–Crippen MR) is 157 cm³/mol. The Kier molecular flexibility index (Phi) is 9.19. The molecule has 3 aromatic rings. The average molecular weight is 586 g/mol. The molecule has 0 spiro atoms. The first-order chi connectivity index (χ1) is 21.7. The highest BCUT2D eigenvalue weighted by Crippen LogP contribution is 2.19. The van der Waals surface area contributed by atoms with E-state index in [9.17, 15) is 30.2 Å². The number of hydrogen-bond donors (Lipinski definition) is 0. The Hall–Kier alpha value is -7.38. The van der Waals surface area contributed by atoms with Crippen LogP contribution in [0, 0.1) is 68.0 Å². The van der Waals surface area contributed by atoms with E-state index < -0.39 is 17.7 Å². The van der Waals surface area contributed by atoms with Crippen LogP contribution in [0.1, 0.15) is 83.7 Å². The maximum absolute atomic E-state index is 13.0. The molecule has 1 saturated carbocycles. The van der Waals surface area contributed by atoms with Crippen molar-refractivity contribution < 1.29 is 14.4 Å². The standard InChI is InChI=1S/C33H15N9O3/c34-13-22-4-1-19(7-25(22)16-37)31(43)40-28-10-29(41-32(44)20-2-5-23(14-35)26(8-20)17-38)12-30(11-28)42-33(45)21-3-6-24(15-36)27(9-21)18-39/h1-9H,10-12H2. The van der Waals surface area contributed by atoms with Gasteiger partial charge in [0.25, 0.3) is 17.7 Å². The molecule has 12 nitrogen and oxygen atoms in total. The molecule has 0 heterocycles. The molecule has 1 aliphatic carbocycles. The number of aliphatic imine (C=N–C) groups is 3. The van der Waals surface area contributed by atoms with E-state index in [2.05, 4.69) is 15.0 Å². The molecule has 0 radical (unpaired) electrons. The molecule has 0 aromatic heterocycles. The Bertz CT molecular complexity index is 1910. The van der Waals surface area contributed by atoms with Gasteiger partial charge in [-0.3, -0.25) is 14.4 Å². The van der Waals surface area contributed by atoms with E-state index in [1.807, 2.05) is 36.4 Å². The summed E-state index contributed by atoms with van der Waals surface area (Å²) in [4.78, 5) is 51.5. The molecule has 45 heavy (non-hydrogen) atoms. The maximum Gasteiger partial charge on any atom is 0.276 e. The second kappa shape index (κ2) is 13.5. The van der Waals surface area contributed by atoms with Crippen molar-refractivity contribution in [1.29, 1.82) is 31.6 Å². The summed E-state index contributed by atoms with van der Waals surface area (Å²) >= 11 is 0. The van der Waals surface area contributed by atoms with Crippen LogP contribution in [0.4, 0.5) is 0 Å². The molecule has 4 rings (SSSR count). The lowest BCUT2D eigenvalue weighted by Crippen LogP contribution is -2.26. The van der Waals surface area contributed by atoms with Crippen molar-refractivity contribution in [2.24, 2.45) is 15.0 Å². The first-order valence-corrected chi connectivity index (χ1v) is 12.9. The topological polar surface area (TPSA) is 231 Å². The van der Waals surface area contributed by atoms with Gasteiger partial charge in [-0.15, -0.1) is 0 Å². The number of rotatable bonds is 3. The monoisotopic (exact) mass is 585 g/mol. The van der Waals surface area contributed by atoms with E-state index in [4.69, 9.17) is 15.8 Å². The third-order valence-electron chi connectivity index (χ3n) is 6.53. The van der Waals surface area contributed by atoms with Gasteiger partial charge in [0.2, 0.25) is 0 Å². The van der Waals surface area contributed by atoms with Gasteiger partial charge in [-0.25, -0.2) is 15.0 Å². The highest BCUT2D eigenvalue weighted by atomic mass is 16.2. The van der Waals surface area contributed by atoms with Crippen molar-refractivity contribution in [3.63, 3.8) is 0 Å². The molecule has 0 aliphatic heterocycles. The Labute approximate surface area is 256 Å². The van der Waals surface area contributed by atoms with Crippen LogP contribution >= 0.6 is 0 Å². The first kappa shape index (κ1) is 30.6. The highest BCUT2D eigenvalue weighted by Gasteiger charge is 2.23. The summed E-state index contributed by atoms with van der Waals surface area (Å²) in [5.74, 6) is -2.21. The van der Waals surface area contributed by atoms with Crippen molar-refractivity contribution in [1.82, 2.24) is 0 Å². The largest absolute Gasteiger partial charge is 0.276 e. The van der Waals surface area contributed by atoms with Crippen LogP contribution in [0.15, 0.2) is 69.6 Å². The minimum Gasteiger partial charge on any atom is -0.267 e. The lowest BCUT2D eigenvalue weighted by molar-refractivity contribution is 0.0995. The predicted octanol–water partition coefficient (Wildman–Crippen LogP) is 4.24. The zero-order valence-corrected chi connectivity index (χ0v) is 23.1. The summed E-state index contributed by atoms with van der Waals surface area (Å²) in [6.45, 7) is 0. The minimum absolute atomic E-state index is 0.00815. The molecule has 0 atom stereocenters. The molecule has 12 heteroatoms. The molecule has 0 bridgehead atoms. The SMILES string of the molecule is N#Cc1ccc(C(=O)N=C2CC(=NC(=O)c3ccc(C#N)c(C#N)c3)CC(=NC(=O)c3ccc(C#N)c(C#N)c3)C2)cc1C#N. The number of amides is 3. The van der Waals surface area contributed by atoms with Crippen LogP contribution < -0.4 is 0 Å². The van der Waals surface area contributed by atoms with E-state index in [-0.39, 0.29) is 86.5 Å². The molecule has 0 N–H and O–H groups in total. The Balaban J connectivity index is 1.73. The third kappa shape index (κ3) is 6.92. The Morgan fingerprint density at radius 2 is 0.667 bits per heavy atom. The molecule has 1 fully saturated rings. The van der Waals surface area contributed by atoms with Crippen LogP contribution in [0.2, 0.25) is 0 Å². The van der Waals surface area contributed by atoms with Crippen LogP contribution in [0.3, 0.4) is 0 Å². The quantitative estimate of drug-likeness (QED) is 0.427. The molecule has 0 saturated heterocycles. The van der Waals surface area contributed by atoms with Crippen molar-refractivity contribution in [2.45, 2.75) is 19.3 Å². The lowest BCUT2D eigenvalue weighted by atomic mass is 9.93. The van der Waals surface area contributed by atoms with Crippen molar-refractivity contribution in [2.75, 3.05) is 0 Å². The second-order valence-corrected chi connectivity index (χ2v) is 9.43. The first-order valence-electron chi connectivity index (χ1n) is 12.9. The van der Waals surface area contributed by atoms with Gasteiger partial charge < -0.3 is 0 Å². The van der Waals surface area contributed by atoms with Crippen molar-refractivity contribution in [3.05, 3.63) is 105 Å². The normalized spacial score (nSPS) is 11.7. The summed E-state index contributed by atoms with van der Waals surface area (Å²) in [6.07, 6.45) is -0.116. The van der Waals surface area contributed by atoms with Gasteiger partial charge in [0, 0.05) is 53.1 Å². The Morgan fingerprint density at radius 1 is 0.422 bits per heavy atom. The second-order valence-electron chi connectivity index (χ2n) is 9.43. The van der Waals surface area contributed by atoms with Crippen LogP contribution in [0.5, 0.6) is 0 Å². The van der Waals surface area contributed by atoms with Gasteiger partial charge >= 0.3 is 0 Å². The lowest BCUT2D eigenvalue weighted by Gasteiger charge is -2.17. The fourth-order valence-electron chi connectivity index (χ4n) is 4.36. The van der Waals surface area contributed by atoms with E-state index in [0.29, 0.717) is 0 Å². The number of carbonyl (C=O) groups is 3. The van der Waals surface area contributed by atoms with E-state index in [0.717, 1.165) is 0 Å². The van der Waals surface area contributed by atoms with E-state index in [1.54, 1.807) is 0 Å². The molecular formula is C33H15N9O3. The molecule has 210 valence electrons. The van der Waals surface area contributed by atoms with Crippen LogP contribution in [0.25, 0.3) is 0 Å². The number of carbonyl (C=O) groups excluding carboxylic acids is 3. The van der Waals surface area contributed by atoms with Gasteiger partial charge in [-0.2, -0.15) is 31.6 Å². The zero-order valence-electron chi connectivity index (χ0n) is 23.1. The number of nitrogens with zero attached hydrogens (tertiary/aromatic N) is 9. The summed E-state index contributed by atoms with van der Waals surface area (Å²) in [5, 5.41) is 55.4. The average Bonchev–Trinajstić information content (AvgIpc) is 3.06. The smallest absolute Gasteiger partial charge is 0.267 e. The fraction of sp³-hybridized carbons (Fsp3) is 0.0909. The van der Waals surface area contributed by atoms with Gasteiger partial charge in [0.15, 0.2) is 0 Å². The van der Waals surface area contributed by atoms with Gasteiger partial charge in [-0.05, 0) is 54.6 Å². The molecule has 0 unspecified atom stereocenters. The molecular weight excluding hydrogens is 570 g/mol. The zero-order chi connectivity index (χ0) is 32.5. The van der Waals surface area contributed by atoms with Gasteiger partial charge in [0.1, 0.15) is 36.4 Å². The highest BCUT2D eigenvalue weighted by molar-refractivity contribution is 6.28. The van der Waals surface area contributed by atoms with Crippen LogP contribution in [-0.4, -0.2) is 34.9 Å². The number of nitriles is 6. The van der Waals surface area contributed by atoms with E-state index in [1.165, 1.54) is 54.6 Å². The van der Waals surface area contributed by atoms with E-state index >= 15 is 0 Å². The summed E-state index contributed by atoms with van der Waals surface area (Å²) < 4.78 is 0. The molecule has 1 aliphatic rings. The summed E-state index contributed by atoms with van der Waals surface area (Å²) in [6, 6.07) is 22.9. The minimum atomic E-state index is -0.735. The summed E-state index contributed by atoms with van der Waals surface area (Å²) in [5.41, 5.74) is 0.985. The fourth-order valence-corrected chi connectivity index (χ4v) is 4.36. The van der Waals surface area contributed by atoms with Gasteiger partial charge in [-0.1, -0.05) is 0 Å². The molecule has 3 amide bonds. The maximum atomic E-state index is 13.0. The molecule has 3 aromatic carbocycles. The third-order valence-corrected chi connectivity index (χ3v) is 6.53. The van der Waals surface area contributed by atoms with Crippen LogP contribution in [-0.2, 0) is 0 Å². The summed E-state index contributed by atoms with van der Waals surface area (Å²) in [7, 11) is 0. The Morgan fingerprint density at radius 3 is 0.889 bits per heavy atom.